The van der Waals surface area contributed by atoms with Crippen LogP contribution in [0.4, 0.5) is 0 Å². The smallest absolute Gasteiger partial charge is 0.0642 e. The molecule has 0 aliphatic heterocycles. The first kappa shape index (κ1) is 8.81. The van der Waals surface area contributed by atoms with Gasteiger partial charge in [-0.25, -0.2) is 0 Å². The van der Waals surface area contributed by atoms with E-state index in [2.05, 4.69) is 12.2 Å². The van der Waals surface area contributed by atoms with Crippen molar-refractivity contribution < 1.29 is 10.2 Å². The lowest BCUT2D eigenvalue weighted by molar-refractivity contribution is 0.217. The van der Waals surface area contributed by atoms with Gasteiger partial charge in [0, 0.05) is 13.1 Å². The molecule has 0 aromatic heterocycles. The fourth-order valence-electron chi connectivity index (χ4n) is 0.474. The summed E-state index contributed by atoms with van der Waals surface area (Å²) in [5.74, 6) is 0. The zero-order valence-electron chi connectivity index (χ0n) is 5.16. The molecule has 2 N–H and O–H groups in total. The van der Waals surface area contributed by atoms with E-state index < -0.39 is 0 Å². The maximum Gasteiger partial charge on any atom is 0.0642 e. The van der Waals surface area contributed by atoms with Gasteiger partial charge < -0.3 is 15.1 Å². The Morgan fingerprint density at radius 1 is 1.22 bits per heavy atom. The van der Waals surface area contributed by atoms with E-state index in [1.165, 1.54) is 5.49 Å². The maximum atomic E-state index is 8.40. The van der Waals surface area contributed by atoms with Gasteiger partial charge >= 0.3 is 0 Å². The lowest BCUT2D eigenvalue weighted by Crippen LogP contribution is -2.27. The molecule has 0 saturated carbocycles. The van der Waals surface area contributed by atoms with E-state index in [0.29, 0.717) is 13.1 Å². The molecule has 4 heteroatoms. The van der Waals surface area contributed by atoms with Crippen molar-refractivity contribution in [2.24, 2.45) is 0 Å². The fourth-order valence-corrected chi connectivity index (χ4v) is 0.685. The van der Waals surface area contributed by atoms with Gasteiger partial charge in [0.25, 0.3) is 0 Å². The van der Waals surface area contributed by atoms with Crippen LogP contribution in [0.2, 0.25) is 0 Å². The summed E-state index contributed by atoms with van der Waals surface area (Å²) in [6, 6.07) is 0. The van der Waals surface area contributed by atoms with Crippen molar-refractivity contribution in [3.05, 3.63) is 0 Å². The minimum Gasteiger partial charge on any atom is -0.395 e. The number of hydrogen-bond acceptors (Lipinski definition) is 3. The normalized spacial score (nSPS) is 9.11. The van der Waals surface area contributed by atoms with E-state index in [1.807, 2.05) is 0 Å². The van der Waals surface area contributed by atoms with Gasteiger partial charge in [0.1, 0.15) is 0 Å². The monoisotopic (exact) mass is 149 g/mol. The van der Waals surface area contributed by atoms with Crippen LogP contribution in [-0.4, -0.2) is 46.9 Å². The molecule has 0 aromatic carbocycles. The van der Waals surface area contributed by atoms with E-state index in [-0.39, 0.29) is 13.2 Å². The van der Waals surface area contributed by atoms with Crippen molar-refractivity contribution >= 4 is 17.7 Å². The van der Waals surface area contributed by atoms with Gasteiger partial charge in [0.15, 0.2) is 0 Å². The van der Waals surface area contributed by atoms with Crippen LogP contribution in [0, 0.1) is 0 Å². The van der Waals surface area contributed by atoms with E-state index in [1.54, 1.807) is 4.90 Å². The SMILES string of the molecule is OCCN(C=S)CCO. The third-order valence-corrected chi connectivity index (χ3v) is 1.22. The quantitative estimate of drug-likeness (QED) is 0.504. The van der Waals surface area contributed by atoms with Crippen molar-refractivity contribution in [1.82, 2.24) is 4.90 Å². The number of nitrogens with zero attached hydrogens (tertiary/aromatic N) is 1. The number of rotatable bonds is 5. The van der Waals surface area contributed by atoms with Crippen LogP contribution >= 0.6 is 12.2 Å². The molecule has 0 fully saturated rings. The minimum absolute atomic E-state index is 0.0765. The lowest BCUT2D eigenvalue weighted by Gasteiger charge is -2.14. The highest BCUT2D eigenvalue weighted by Gasteiger charge is 1.93. The molecule has 0 bridgehead atoms. The molecule has 0 radical (unpaired) electrons. The Bertz CT molecular complexity index is 73.4. The minimum atomic E-state index is 0.0765. The summed E-state index contributed by atoms with van der Waals surface area (Å²) in [5.41, 5.74) is 1.44. The Morgan fingerprint density at radius 3 is 1.89 bits per heavy atom. The fraction of sp³-hybridized carbons (Fsp3) is 0.800. The first-order valence-electron chi connectivity index (χ1n) is 2.76. The van der Waals surface area contributed by atoms with Crippen LogP contribution in [-0.2, 0) is 0 Å². The molecule has 0 rings (SSSR count). The second-order valence-electron chi connectivity index (χ2n) is 1.59. The molecule has 0 aliphatic rings. The van der Waals surface area contributed by atoms with Crippen molar-refractivity contribution in [2.75, 3.05) is 26.3 Å². The number of aliphatic hydroxyl groups is 2. The molecule has 3 nitrogen and oxygen atoms in total. The molecule has 0 heterocycles. The summed E-state index contributed by atoms with van der Waals surface area (Å²) in [6.45, 7) is 1.16. The summed E-state index contributed by atoms with van der Waals surface area (Å²) in [7, 11) is 0. The highest BCUT2D eigenvalue weighted by molar-refractivity contribution is 7.78. The third kappa shape index (κ3) is 4.32. The molecular formula is C5H11NO2S. The first-order chi connectivity index (χ1) is 4.35. The number of hydrogen-bond donors (Lipinski definition) is 2. The van der Waals surface area contributed by atoms with Gasteiger partial charge in [-0.15, -0.1) is 0 Å². The van der Waals surface area contributed by atoms with Crippen LogP contribution in [0.3, 0.4) is 0 Å². The van der Waals surface area contributed by atoms with Crippen molar-refractivity contribution in [1.29, 1.82) is 0 Å². The second-order valence-corrected chi connectivity index (χ2v) is 1.80. The van der Waals surface area contributed by atoms with Gasteiger partial charge in [-0.3, -0.25) is 0 Å². The van der Waals surface area contributed by atoms with Crippen LogP contribution in [0.15, 0.2) is 0 Å². The van der Waals surface area contributed by atoms with E-state index in [9.17, 15) is 0 Å². The summed E-state index contributed by atoms with van der Waals surface area (Å²) < 4.78 is 0. The summed E-state index contributed by atoms with van der Waals surface area (Å²) in [5, 5.41) is 16.8. The summed E-state index contributed by atoms with van der Waals surface area (Å²) in [6.07, 6.45) is 0. The number of aliphatic hydroxyl groups excluding tert-OH is 2. The molecule has 0 aliphatic carbocycles. The van der Waals surface area contributed by atoms with Crippen molar-refractivity contribution in [3.8, 4) is 0 Å². The molecule has 0 amide bonds. The Labute approximate surface area is 59.9 Å². The van der Waals surface area contributed by atoms with Gasteiger partial charge in [-0.1, -0.05) is 12.2 Å². The predicted molar refractivity (Wildman–Crippen MR) is 39.4 cm³/mol. The molecule has 0 unspecified atom stereocenters. The first-order valence-corrected chi connectivity index (χ1v) is 3.23. The average molecular weight is 149 g/mol. The Kier molecular flexibility index (Phi) is 5.81. The Hall–Kier alpha value is -0.190. The zero-order chi connectivity index (χ0) is 7.11. The van der Waals surface area contributed by atoms with Crippen LogP contribution in [0.5, 0.6) is 0 Å². The molecule has 54 valence electrons. The van der Waals surface area contributed by atoms with E-state index >= 15 is 0 Å². The standard InChI is InChI=1S/C5H11NO2S/c7-3-1-6(5-9)2-4-8/h5,7-8H,1-4H2. The average Bonchev–Trinajstić information content (AvgIpc) is 1.88. The second kappa shape index (κ2) is 5.94. The molecular weight excluding hydrogens is 138 g/mol. The Morgan fingerprint density at radius 2 is 1.67 bits per heavy atom. The van der Waals surface area contributed by atoms with Gasteiger partial charge in [-0.05, 0) is 0 Å². The number of thiocarbonyl (C=S) groups is 1. The highest BCUT2D eigenvalue weighted by Crippen LogP contribution is 1.80. The summed E-state index contributed by atoms with van der Waals surface area (Å²) in [4.78, 5) is 1.68. The summed E-state index contributed by atoms with van der Waals surface area (Å²) >= 11 is 4.58. The maximum absolute atomic E-state index is 8.40. The predicted octanol–water partition coefficient (Wildman–Crippen LogP) is -0.770. The van der Waals surface area contributed by atoms with Gasteiger partial charge in [0.05, 0.1) is 18.7 Å². The van der Waals surface area contributed by atoms with Gasteiger partial charge in [-0.2, -0.15) is 0 Å². The molecule has 9 heavy (non-hydrogen) atoms. The van der Waals surface area contributed by atoms with Gasteiger partial charge in [0.2, 0.25) is 0 Å². The molecule has 0 spiro atoms. The zero-order valence-corrected chi connectivity index (χ0v) is 5.97. The molecule has 0 aromatic rings. The topological polar surface area (TPSA) is 43.7 Å². The van der Waals surface area contributed by atoms with Crippen LogP contribution in [0.1, 0.15) is 0 Å². The third-order valence-electron chi connectivity index (χ3n) is 0.923. The molecule has 0 saturated heterocycles. The van der Waals surface area contributed by atoms with Crippen LogP contribution < -0.4 is 0 Å². The largest absolute Gasteiger partial charge is 0.395 e. The van der Waals surface area contributed by atoms with E-state index in [4.69, 9.17) is 10.2 Å². The van der Waals surface area contributed by atoms with Crippen molar-refractivity contribution in [2.45, 2.75) is 0 Å². The van der Waals surface area contributed by atoms with Crippen LogP contribution in [0.25, 0.3) is 0 Å². The molecule has 0 atom stereocenters. The Balaban J connectivity index is 3.29. The van der Waals surface area contributed by atoms with Crippen molar-refractivity contribution in [3.63, 3.8) is 0 Å². The highest BCUT2D eigenvalue weighted by atomic mass is 32.1. The van der Waals surface area contributed by atoms with E-state index in [0.717, 1.165) is 0 Å². The lowest BCUT2D eigenvalue weighted by atomic mass is 10.5.